The summed E-state index contributed by atoms with van der Waals surface area (Å²) < 4.78 is 10.7. The van der Waals surface area contributed by atoms with Gasteiger partial charge in [0.1, 0.15) is 10.6 Å². The van der Waals surface area contributed by atoms with E-state index in [4.69, 9.17) is 14.5 Å². The minimum absolute atomic E-state index is 0.0315. The van der Waals surface area contributed by atoms with Gasteiger partial charge in [-0.3, -0.25) is 4.98 Å². The Kier molecular flexibility index (Phi) is 8.83. The van der Waals surface area contributed by atoms with Gasteiger partial charge in [0.2, 0.25) is 0 Å². The van der Waals surface area contributed by atoms with Gasteiger partial charge in [-0.1, -0.05) is 50.6 Å². The first-order valence-electron chi connectivity index (χ1n) is 13.9. The molecule has 0 radical (unpaired) electrons. The Labute approximate surface area is 246 Å². The highest BCUT2D eigenvalue weighted by molar-refractivity contribution is 7.13. The van der Waals surface area contributed by atoms with E-state index in [2.05, 4.69) is 68.3 Å². The summed E-state index contributed by atoms with van der Waals surface area (Å²) >= 11 is 1.40. The minimum Gasteiger partial charge on any atom is -0.461 e. The highest BCUT2D eigenvalue weighted by Gasteiger charge is 2.24. The number of esters is 1. The number of amides is 1. The van der Waals surface area contributed by atoms with Crippen LogP contribution < -0.4 is 5.32 Å². The molecular weight excluding hydrogens is 534 g/mol. The standard InChI is InChI=1S/C33H39N3O4S/c1-9-39-30(37)27-19-41-29(36-27)22-14-15-25-23(16-22)28(21-12-10-20(2)11-13-21)24(26(35-25)17-32(3,4)5)18-34-31(38)40-33(6,7)8/h10-16,19H,9,17-18H2,1-8H3,(H,34,38). The molecule has 0 aliphatic rings. The average Bonchev–Trinajstić information content (AvgIpc) is 3.36. The molecule has 0 saturated carbocycles. The van der Waals surface area contributed by atoms with E-state index in [1.54, 1.807) is 12.3 Å². The second kappa shape index (κ2) is 12.0. The predicted octanol–water partition coefficient (Wildman–Crippen LogP) is 8.12. The van der Waals surface area contributed by atoms with Crippen LogP contribution in [-0.2, 0) is 22.4 Å². The van der Waals surface area contributed by atoms with Crippen molar-refractivity contribution in [3.8, 4) is 21.7 Å². The summed E-state index contributed by atoms with van der Waals surface area (Å²) in [5, 5.41) is 6.36. The van der Waals surface area contributed by atoms with Crippen molar-refractivity contribution in [2.24, 2.45) is 5.41 Å². The summed E-state index contributed by atoms with van der Waals surface area (Å²) in [4.78, 5) is 34.7. The molecule has 0 aliphatic heterocycles. The molecule has 41 heavy (non-hydrogen) atoms. The Balaban J connectivity index is 1.91. The van der Waals surface area contributed by atoms with E-state index in [-0.39, 0.29) is 12.0 Å². The summed E-state index contributed by atoms with van der Waals surface area (Å²) in [7, 11) is 0. The zero-order valence-electron chi connectivity index (χ0n) is 25.2. The Hall–Kier alpha value is -3.78. The summed E-state index contributed by atoms with van der Waals surface area (Å²) in [5.74, 6) is -0.430. The highest BCUT2D eigenvalue weighted by atomic mass is 32.1. The molecule has 1 N–H and O–H groups in total. The predicted molar refractivity (Wildman–Crippen MR) is 165 cm³/mol. The molecule has 0 spiro atoms. The normalized spacial score (nSPS) is 11.9. The van der Waals surface area contributed by atoms with Crippen LogP contribution in [0, 0.1) is 12.3 Å². The number of nitrogens with zero attached hydrogens (tertiary/aromatic N) is 2. The number of hydrogen-bond acceptors (Lipinski definition) is 7. The molecule has 7 nitrogen and oxygen atoms in total. The van der Waals surface area contributed by atoms with Crippen LogP contribution in [-0.4, -0.2) is 34.2 Å². The topological polar surface area (TPSA) is 90.4 Å². The van der Waals surface area contributed by atoms with Crippen molar-refractivity contribution in [2.75, 3.05) is 6.61 Å². The number of thiazole rings is 1. The first-order valence-corrected chi connectivity index (χ1v) is 14.7. The quantitative estimate of drug-likeness (QED) is 0.225. The number of ether oxygens (including phenoxy) is 2. The third kappa shape index (κ3) is 7.70. The third-order valence-electron chi connectivity index (χ3n) is 6.25. The van der Waals surface area contributed by atoms with E-state index in [1.807, 2.05) is 32.9 Å². The maximum atomic E-state index is 12.7. The summed E-state index contributed by atoms with van der Waals surface area (Å²) in [5.41, 5.74) is 6.47. The maximum Gasteiger partial charge on any atom is 0.407 e. The van der Waals surface area contributed by atoms with Crippen molar-refractivity contribution < 1.29 is 19.1 Å². The lowest BCUT2D eigenvalue weighted by molar-refractivity contribution is 0.0511. The van der Waals surface area contributed by atoms with Gasteiger partial charge in [-0.2, -0.15) is 0 Å². The first-order chi connectivity index (χ1) is 19.2. The number of pyridine rings is 1. The molecule has 0 saturated heterocycles. The summed E-state index contributed by atoms with van der Waals surface area (Å²) in [6.07, 6.45) is 0.252. The lowest BCUT2D eigenvalue weighted by Crippen LogP contribution is -2.32. The number of benzene rings is 2. The van der Waals surface area contributed by atoms with E-state index < -0.39 is 17.7 Å². The van der Waals surface area contributed by atoms with Gasteiger partial charge >= 0.3 is 12.1 Å². The SMILES string of the molecule is CCOC(=O)c1csc(-c2ccc3nc(CC(C)(C)C)c(CNC(=O)OC(C)(C)C)c(-c4ccc(C)cc4)c3c2)n1. The van der Waals surface area contributed by atoms with Crippen molar-refractivity contribution in [3.63, 3.8) is 0 Å². The van der Waals surface area contributed by atoms with Gasteiger partial charge in [0, 0.05) is 34.1 Å². The average molecular weight is 574 g/mol. The minimum atomic E-state index is -0.606. The molecule has 4 rings (SSSR count). The Morgan fingerprint density at radius 3 is 2.27 bits per heavy atom. The second-order valence-electron chi connectivity index (χ2n) is 12.4. The van der Waals surface area contributed by atoms with E-state index in [0.29, 0.717) is 12.3 Å². The number of rotatable bonds is 7. The van der Waals surface area contributed by atoms with Gasteiger partial charge in [0.25, 0.3) is 0 Å². The fourth-order valence-corrected chi connectivity index (χ4v) is 5.34. The third-order valence-corrected chi connectivity index (χ3v) is 7.14. The van der Waals surface area contributed by atoms with Crippen LogP contribution in [0.2, 0.25) is 0 Å². The summed E-state index contributed by atoms with van der Waals surface area (Å²) in [6, 6.07) is 14.5. The maximum absolute atomic E-state index is 12.7. The number of aromatic nitrogens is 2. The van der Waals surface area contributed by atoms with Crippen LogP contribution in [0.3, 0.4) is 0 Å². The molecule has 1 amide bonds. The molecule has 2 heterocycles. The van der Waals surface area contributed by atoms with Gasteiger partial charge in [0.05, 0.1) is 12.1 Å². The number of alkyl carbamates (subject to hydrolysis) is 1. The molecule has 0 aliphatic carbocycles. The van der Waals surface area contributed by atoms with E-state index >= 15 is 0 Å². The highest BCUT2D eigenvalue weighted by Crippen LogP contribution is 2.38. The number of fused-ring (bicyclic) bond motifs is 1. The Bertz CT molecular complexity index is 1560. The number of hydrogen-bond donors (Lipinski definition) is 1. The van der Waals surface area contributed by atoms with E-state index in [9.17, 15) is 9.59 Å². The van der Waals surface area contributed by atoms with Crippen LogP contribution in [0.5, 0.6) is 0 Å². The first kappa shape index (κ1) is 30.2. The van der Waals surface area contributed by atoms with Crippen LogP contribution in [0.25, 0.3) is 32.6 Å². The van der Waals surface area contributed by atoms with Gasteiger partial charge in [-0.15, -0.1) is 11.3 Å². The zero-order valence-corrected chi connectivity index (χ0v) is 26.0. The fraction of sp³-hybridized carbons (Fsp3) is 0.394. The smallest absolute Gasteiger partial charge is 0.407 e. The van der Waals surface area contributed by atoms with Crippen LogP contribution in [0.1, 0.15) is 75.8 Å². The molecule has 8 heteroatoms. The van der Waals surface area contributed by atoms with Gasteiger partial charge in [-0.25, -0.2) is 14.6 Å². The largest absolute Gasteiger partial charge is 0.461 e. The van der Waals surface area contributed by atoms with Crippen molar-refractivity contribution in [1.29, 1.82) is 0 Å². The number of carbonyl (C=O) groups is 2. The van der Waals surface area contributed by atoms with E-state index in [1.165, 1.54) is 11.3 Å². The molecule has 0 atom stereocenters. The molecule has 2 aromatic heterocycles. The fourth-order valence-electron chi connectivity index (χ4n) is 4.56. The van der Waals surface area contributed by atoms with Crippen molar-refractivity contribution >= 4 is 34.3 Å². The lowest BCUT2D eigenvalue weighted by atomic mass is 9.85. The second-order valence-corrected chi connectivity index (χ2v) is 13.2. The molecule has 2 aromatic carbocycles. The van der Waals surface area contributed by atoms with Crippen LogP contribution >= 0.6 is 11.3 Å². The molecule has 4 aromatic rings. The van der Waals surface area contributed by atoms with Gasteiger partial charge in [0.15, 0.2) is 5.69 Å². The molecule has 216 valence electrons. The molecule has 0 fully saturated rings. The van der Waals surface area contributed by atoms with Crippen LogP contribution in [0.15, 0.2) is 47.8 Å². The van der Waals surface area contributed by atoms with Crippen LogP contribution in [0.4, 0.5) is 4.79 Å². The monoisotopic (exact) mass is 573 g/mol. The molecule has 0 bridgehead atoms. The lowest BCUT2D eigenvalue weighted by Gasteiger charge is -2.24. The Morgan fingerprint density at radius 2 is 1.63 bits per heavy atom. The number of aryl methyl sites for hydroxylation is 1. The van der Waals surface area contributed by atoms with E-state index in [0.717, 1.165) is 55.8 Å². The van der Waals surface area contributed by atoms with Crippen molar-refractivity contribution in [1.82, 2.24) is 15.3 Å². The molecular formula is C33H39N3O4S. The van der Waals surface area contributed by atoms with Crippen molar-refractivity contribution in [3.05, 3.63) is 70.4 Å². The van der Waals surface area contributed by atoms with Gasteiger partial charge < -0.3 is 14.8 Å². The number of nitrogens with one attached hydrogen (secondary N) is 1. The summed E-state index contributed by atoms with van der Waals surface area (Å²) in [6.45, 7) is 16.5. The Morgan fingerprint density at radius 1 is 0.951 bits per heavy atom. The number of carbonyl (C=O) groups excluding carboxylic acids is 2. The molecule has 0 unspecified atom stereocenters. The van der Waals surface area contributed by atoms with Crippen molar-refractivity contribution in [2.45, 2.75) is 74.0 Å². The zero-order chi connectivity index (χ0) is 29.9. The van der Waals surface area contributed by atoms with Gasteiger partial charge in [-0.05, 0) is 75.8 Å².